The summed E-state index contributed by atoms with van der Waals surface area (Å²) < 4.78 is 4.79. The number of carbonyl (C=O) groups excluding carboxylic acids is 1. The average Bonchev–Trinajstić information content (AvgIpc) is 2.24. The Bertz CT molecular complexity index is 200. The molecule has 0 heterocycles. The van der Waals surface area contributed by atoms with Crippen LogP contribution in [-0.4, -0.2) is 55.4 Å². The number of methoxy groups -OCH3 is 1. The van der Waals surface area contributed by atoms with Crippen LogP contribution in [0.25, 0.3) is 0 Å². The summed E-state index contributed by atoms with van der Waals surface area (Å²) >= 11 is 0. The fourth-order valence-electron chi connectivity index (χ4n) is 1.48. The van der Waals surface area contributed by atoms with E-state index >= 15 is 0 Å². The van der Waals surface area contributed by atoms with E-state index < -0.39 is 12.1 Å². The van der Waals surface area contributed by atoms with Gasteiger partial charge in [-0.25, -0.2) is 0 Å². The van der Waals surface area contributed by atoms with Crippen molar-refractivity contribution in [3.63, 3.8) is 0 Å². The van der Waals surface area contributed by atoms with Gasteiger partial charge in [0.25, 0.3) is 0 Å². The van der Waals surface area contributed by atoms with Crippen molar-refractivity contribution >= 4 is 5.91 Å². The van der Waals surface area contributed by atoms with Gasteiger partial charge in [0.05, 0.1) is 18.8 Å². The molecule has 5 nitrogen and oxygen atoms in total. The highest BCUT2D eigenvalue weighted by Crippen LogP contribution is 2.02. The molecule has 1 amide bonds. The summed E-state index contributed by atoms with van der Waals surface area (Å²) in [6.07, 6.45) is 2.01. The van der Waals surface area contributed by atoms with E-state index in [0.717, 1.165) is 12.8 Å². The van der Waals surface area contributed by atoms with Gasteiger partial charge in [0, 0.05) is 20.7 Å². The summed E-state index contributed by atoms with van der Waals surface area (Å²) in [7, 11) is 3.16. The molecule has 0 bridgehead atoms. The van der Waals surface area contributed by atoms with Crippen LogP contribution in [0.1, 0.15) is 26.2 Å². The van der Waals surface area contributed by atoms with Gasteiger partial charge in [-0.2, -0.15) is 0 Å². The molecule has 96 valence electrons. The van der Waals surface area contributed by atoms with E-state index in [9.17, 15) is 9.90 Å². The fourth-order valence-corrected chi connectivity index (χ4v) is 1.48. The number of likely N-dealkylation sites (N-methyl/N-ethyl adjacent to an activating group) is 1. The Balaban J connectivity index is 3.96. The first kappa shape index (κ1) is 15.3. The molecule has 0 aliphatic carbocycles. The highest BCUT2D eigenvalue weighted by atomic mass is 16.5. The summed E-state index contributed by atoms with van der Waals surface area (Å²) in [5.74, 6) is -0.122. The van der Waals surface area contributed by atoms with Crippen molar-refractivity contribution in [3.8, 4) is 0 Å². The van der Waals surface area contributed by atoms with Gasteiger partial charge < -0.3 is 20.5 Å². The Hall–Kier alpha value is -0.650. The lowest BCUT2D eigenvalue weighted by Gasteiger charge is -2.23. The molecular weight excluding hydrogens is 208 g/mol. The Kier molecular flexibility index (Phi) is 8.15. The maximum Gasteiger partial charge on any atom is 0.239 e. The van der Waals surface area contributed by atoms with Gasteiger partial charge in [-0.1, -0.05) is 19.8 Å². The number of amides is 1. The zero-order valence-corrected chi connectivity index (χ0v) is 10.5. The first-order valence-corrected chi connectivity index (χ1v) is 5.70. The lowest BCUT2D eigenvalue weighted by Crippen LogP contribution is -2.45. The van der Waals surface area contributed by atoms with Crippen molar-refractivity contribution in [2.24, 2.45) is 5.73 Å². The molecule has 0 radical (unpaired) electrons. The number of hydrogen-bond acceptors (Lipinski definition) is 4. The molecular formula is C11H24N2O3. The quantitative estimate of drug-likeness (QED) is 0.616. The topological polar surface area (TPSA) is 75.8 Å². The Morgan fingerprint density at radius 3 is 2.69 bits per heavy atom. The van der Waals surface area contributed by atoms with E-state index in [1.54, 1.807) is 7.05 Å². The van der Waals surface area contributed by atoms with Crippen LogP contribution >= 0.6 is 0 Å². The van der Waals surface area contributed by atoms with Crippen LogP contribution in [0.4, 0.5) is 0 Å². The summed E-state index contributed by atoms with van der Waals surface area (Å²) in [4.78, 5) is 13.2. The van der Waals surface area contributed by atoms with Crippen LogP contribution in [0.15, 0.2) is 0 Å². The Morgan fingerprint density at radius 2 is 2.19 bits per heavy atom. The maximum absolute atomic E-state index is 11.7. The highest BCUT2D eigenvalue weighted by Gasteiger charge is 2.19. The van der Waals surface area contributed by atoms with E-state index in [4.69, 9.17) is 10.5 Å². The third kappa shape index (κ3) is 6.05. The summed E-state index contributed by atoms with van der Waals surface area (Å²) in [5, 5.41) is 9.47. The first-order chi connectivity index (χ1) is 7.52. The highest BCUT2D eigenvalue weighted by molar-refractivity contribution is 5.81. The molecule has 3 N–H and O–H groups in total. The van der Waals surface area contributed by atoms with Crippen molar-refractivity contribution in [3.05, 3.63) is 0 Å². The average molecular weight is 232 g/mol. The number of nitrogens with zero attached hydrogens (tertiary/aromatic N) is 1. The third-order valence-electron chi connectivity index (χ3n) is 2.41. The Labute approximate surface area is 97.6 Å². The molecule has 0 aliphatic rings. The van der Waals surface area contributed by atoms with Gasteiger partial charge in [0.2, 0.25) is 5.91 Å². The van der Waals surface area contributed by atoms with Crippen LogP contribution < -0.4 is 5.73 Å². The summed E-state index contributed by atoms with van der Waals surface area (Å²) in [6.45, 7) is 2.54. The van der Waals surface area contributed by atoms with Gasteiger partial charge in [-0.05, 0) is 6.42 Å². The van der Waals surface area contributed by atoms with E-state index in [1.165, 1.54) is 12.0 Å². The van der Waals surface area contributed by atoms with Crippen LogP contribution in [0.2, 0.25) is 0 Å². The summed E-state index contributed by atoms with van der Waals surface area (Å²) in [6, 6.07) is -0.459. The van der Waals surface area contributed by atoms with E-state index in [0.29, 0.717) is 6.42 Å². The fraction of sp³-hybridized carbons (Fsp3) is 0.909. The number of aliphatic hydroxyl groups excluding tert-OH is 1. The minimum absolute atomic E-state index is 0.122. The van der Waals surface area contributed by atoms with Gasteiger partial charge in [-0.3, -0.25) is 4.79 Å². The van der Waals surface area contributed by atoms with Crippen molar-refractivity contribution in [1.82, 2.24) is 4.90 Å². The number of nitrogens with two attached hydrogens (primary N) is 1. The standard InChI is InChI=1S/C11H24N2O3/c1-4-5-6-10(12)11(15)13(2)7-9(14)8-16-3/h9-10,14H,4-8,12H2,1-3H3/t9?,10-/m0/s1. The van der Waals surface area contributed by atoms with Crippen LogP contribution in [0, 0.1) is 0 Å². The zero-order chi connectivity index (χ0) is 12.6. The molecule has 0 fully saturated rings. The molecule has 0 saturated carbocycles. The largest absolute Gasteiger partial charge is 0.389 e. The van der Waals surface area contributed by atoms with Crippen molar-refractivity contribution in [2.75, 3.05) is 27.3 Å². The normalized spacial score (nSPS) is 14.6. The molecule has 0 rings (SSSR count). The zero-order valence-electron chi connectivity index (χ0n) is 10.5. The molecule has 0 aromatic rings. The number of hydrogen-bond donors (Lipinski definition) is 2. The van der Waals surface area contributed by atoms with Crippen molar-refractivity contribution in [2.45, 2.75) is 38.3 Å². The van der Waals surface area contributed by atoms with E-state index in [1.807, 2.05) is 0 Å². The molecule has 16 heavy (non-hydrogen) atoms. The molecule has 0 aliphatic heterocycles. The number of unbranched alkanes of at least 4 members (excludes halogenated alkanes) is 1. The number of rotatable bonds is 8. The number of carbonyl (C=O) groups is 1. The van der Waals surface area contributed by atoms with Gasteiger partial charge >= 0.3 is 0 Å². The van der Waals surface area contributed by atoms with Crippen LogP contribution in [0.5, 0.6) is 0 Å². The predicted molar refractivity (Wildman–Crippen MR) is 63.0 cm³/mol. The van der Waals surface area contributed by atoms with Crippen molar-refractivity contribution in [1.29, 1.82) is 0 Å². The second kappa shape index (κ2) is 8.50. The minimum Gasteiger partial charge on any atom is -0.389 e. The van der Waals surface area contributed by atoms with Gasteiger partial charge in [-0.15, -0.1) is 0 Å². The smallest absolute Gasteiger partial charge is 0.239 e. The Morgan fingerprint density at radius 1 is 1.56 bits per heavy atom. The minimum atomic E-state index is -0.655. The number of aliphatic hydroxyl groups is 1. The van der Waals surface area contributed by atoms with Gasteiger partial charge in [0.1, 0.15) is 0 Å². The van der Waals surface area contributed by atoms with E-state index in [2.05, 4.69) is 6.92 Å². The molecule has 0 spiro atoms. The lowest BCUT2D eigenvalue weighted by molar-refractivity contribution is -0.133. The molecule has 1 unspecified atom stereocenters. The lowest BCUT2D eigenvalue weighted by atomic mass is 10.1. The first-order valence-electron chi connectivity index (χ1n) is 5.70. The predicted octanol–water partition coefficient (Wildman–Crippen LogP) is -0.0304. The second-order valence-corrected chi connectivity index (χ2v) is 4.08. The van der Waals surface area contributed by atoms with Crippen LogP contribution in [0.3, 0.4) is 0 Å². The molecule has 2 atom stereocenters. The number of ether oxygens (including phenoxy) is 1. The molecule has 0 aromatic heterocycles. The third-order valence-corrected chi connectivity index (χ3v) is 2.41. The second-order valence-electron chi connectivity index (χ2n) is 4.08. The monoisotopic (exact) mass is 232 g/mol. The van der Waals surface area contributed by atoms with Crippen LogP contribution in [-0.2, 0) is 9.53 Å². The molecule has 0 aromatic carbocycles. The van der Waals surface area contributed by atoms with Gasteiger partial charge in [0.15, 0.2) is 0 Å². The SMILES string of the molecule is CCCC[C@H](N)C(=O)N(C)CC(O)COC. The molecule has 0 saturated heterocycles. The van der Waals surface area contributed by atoms with Crippen molar-refractivity contribution < 1.29 is 14.6 Å². The molecule has 5 heteroatoms. The maximum atomic E-state index is 11.7. The van der Waals surface area contributed by atoms with E-state index in [-0.39, 0.29) is 19.1 Å². The summed E-state index contributed by atoms with van der Waals surface area (Å²) in [5.41, 5.74) is 5.75.